The third-order valence-electron chi connectivity index (χ3n) is 22.9. The molecule has 6 amide bonds. The Balaban J connectivity index is 0.630. The summed E-state index contributed by atoms with van der Waals surface area (Å²) in [6, 6.07) is 14.8. The number of imidazole rings is 1. The number of rotatable bonds is 33. The zero-order chi connectivity index (χ0) is 85.7. The molecule has 13 rings (SSSR count). The highest BCUT2D eigenvalue weighted by Gasteiger charge is 2.49. The fraction of sp³-hybridized carbons (Fsp3) is 0.452. The molecule has 36 heteroatoms. The van der Waals surface area contributed by atoms with Crippen LogP contribution < -0.4 is 58.6 Å². The number of aliphatic carboxylic acids is 1. The van der Waals surface area contributed by atoms with Crippen LogP contribution >= 0.6 is 11.6 Å². The molecule has 16 N–H and O–H groups in total. The maximum atomic E-state index is 15.7. The first-order valence-electron chi connectivity index (χ1n) is 40.0. The molecular formula is C84H97ClF2N14O19. The number of piperidine rings is 1. The summed E-state index contributed by atoms with van der Waals surface area (Å²) in [5, 5.41) is 72.1. The first-order valence-corrected chi connectivity index (χ1v) is 40.4. The van der Waals surface area contributed by atoms with Gasteiger partial charge in [0, 0.05) is 116 Å². The molecular weight excluding hydrogens is 1580 g/mol. The van der Waals surface area contributed by atoms with Crippen LogP contribution in [0.4, 0.5) is 35.6 Å². The van der Waals surface area contributed by atoms with Crippen molar-refractivity contribution in [2.75, 3.05) is 68.0 Å². The number of fused-ring (bicyclic) bond motifs is 6. The number of carboxylic acids is 1. The van der Waals surface area contributed by atoms with Gasteiger partial charge in [0.25, 0.3) is 5.56 Å². The number of aliphatic hydroxyl groups excluding tert-OH is 3. The molecule has 8 heterocycles. The summed E-state index contributed by atoms with van der Waals surface area (Å²) >= 11 is 6.40. The maximum Gasteiger partial charge on any atom is 0.407 e. The van der Waals surface area contributed by atoms with Crippen molar-refractivity contribution < 1.29 is 96.4 Å². The second-order valence-corrected chi connectivity index (χ2v) is 31.8. The number of ether oxygens (including phenoxy) is 5. The Morgan fingerprint density at radius 1 is 0.842 bits per heavy atom. The van der Waals surface area contributed by atoms with Gasteiger partial charge in [0.2, 0.25) is 24.0 Å². The Morgan fingerprint density at radius 2 is 1.62 bits per heavy atom. The number of alkyl carbamates (subject to hydrolysis) is 1. The van der Waals surface area contributed by atoms with E-state index in [2.05, 4.69) is 41.8 Å². The number of amides is 6. The molecule has 120 heavy (non-hydrogen) atoms. The fourth-order valence-corrected chi connectivity index (χ4v) is 16.5. The number of H-pyrrole nitrogens is 1. The molecule has 0 spiro atoms. The van der Waals surface area contributed by atoms with Gasteiger partial charge in [0.15, 0.2) is 11.7 Å². The first kappa shape index (κ1) is 86.5. The first-order chi connectivity index (χ1) is 57.4. The minimum absolute atomic E-state index is 0.0129. The van der Waals surface area contributed by atoms with Crippen molar-refractivity contribution in [3.8, 4) is 39.7 Å². The Labute approximate surface area is 692 Å². The van der Waals surface area contributed by atoms with Gasteiger partial charge in [-0.05, 0) is 153 Å². The molecule has 1 unspecified atom stereocenters. The number of carbonyl (C=O) groups excluding carboxylic acids is 7. The number of primary amides is 1. The van der Waals surface area contributed by atoms with E-state index >= 15 is 8.78 Å². The van der Waals surface area contributed by atoms with Gasteiger partial charge in [-0.1, -0.05) is 44.5 Å². The minimum atomic E-state index is -2.12. The monoisotopic (exact) mass is 1680 g/mol. The molecule has 4 aliphatic heterocycles. The summed E-state index contributed by atoms with van der Waals surface area (Å²) in [5.74, 6) is -6.61. The number of ketones is 1. The van der Waals surface area contributed by atoms with Gasteiger partial charge < -0.3 is 107 Å². The van der Waals surface area contributed by atoms with Crippen LogP contribution in [-0.2, 0) is 79.5 Å². The van der Waals surface area contributed by atoms with Crippen LogP contribution in [0.25, 0.3) is 55.8 Å². The van der Waals surface area contributed by atoms with Gasteiger partial charge in [-0.3, -0.25) is 24.0 Å². The van der Waals surface area contributed by atoms with Gasteiger partial charge in [0.05, 0.1) is 70.2 Å². The van der Waals surface area contributed by atoms with Crippen LogP contribution in [0.15, 0.2) is 77.7 Å². The Hall–Kier alpha value is -11.3. The third kappa shape index (κ3) is 18.8. The van der Waals surface area contributed by atoms with E-state index in [0.717, 1.165) is 24.1 Å². The predicted molar refractivity (Wildman–Crippen MR) is 435 cm³/mol. The molecule has 4 aromatic heterocycles. The number of nitrogens with zero attached hydrogens (tertiary/aromatic N) is 5. The van der Waals surface area contributed by atoms with Crippen LogP contribution in [0.2, 0.25) is 5.02 Å². The van der Waals surface area contributed by atoms with Crippen molar-refractivity contribution in [3.63, 3.8) is 0 Å². The number of aliphatic hydroxyl groups is 4. The second kappa shape index (κ2) is 37.1. The summed E-state index contributed by atoms with van der Waals surface area (Å²) in [7, 11) is 0. The van der Waals surface area contributed by atoms with Gasteiger partial charge in [-0.15, -0.1) is 0 Å². The number of aromatic nitrogens is 5. The summed E-state index contributed by atoms with van der Waals surface area (Å²) in [6.07, 6.45) is -7.64. The molecule has 2 saturated heterocycles. The number of urea groups is 1. The number of pyridine rings is 3. The van der Waals surface area contributed by atoms with E-state index in [4.69, 9.17) is 61.7 Å². The average molecular weight is 1680 g/mol. The molecule has 8 aromatic rings. The Bertz CT molecular complexity index is 5350. The SMILES string of the molecule is CC[C@@]1(O)C(=O)OCc2c1cc1n(c2=O)Cc2c-1nc1cc(F)c(C)c3c1c2C(CNC(=O)OCc1ccc(NC(=O)[C@H](CCCNC(N)=O)NC(=O)[C@@H](CCC(=O)CCOCCC(=O)NCCNc2ncc(-c4cc(C)cc(F)c4)c(N4CCC(N)CC4)c2-c2nc4ccc(Cl)cc4[nH]2)C(C)C)c(O[C@@H]2O[C@H](C(=O)O)[C@@H](O)[C@H](O)[C@H]2O)c1)CC3. The number of cyclic esters (lactones) is 1. The summed E-state index contributed by atoms with van der Waals surface area (Å²) in [5.41, 5.74) is 17.5. The number of hydrogen-bond acceptors (Lipinski definition) is 24. The van der Waals surface area contributed by atoms with Crippen LogP contribution in [0.5, 0.6) is 5.75 Å². The zero-order valence-corrected chi connectivity index (χ0v) is 67.5. The van der Waals surface area contributed by atoms with Gasteiger partial charge in [0.1, 0.15) is 72.4 Å². The number of carbonyl (C=O) groups is 8. The molecule has 0 radical (unpaired) electrons. The lowest BCUT2D eigenvalue weighted by molar-refractivity contribution is -0.271. The zero-order valence-electron chi connectivity index (χ0n) is 66.7. The molecule has 0 bridgehead atoms. The molecule has 4 aromatic carbocycles. The number of nitrogens with two attached hydrogens (primary N) is 2. The van der Waals surface area contributed by atoms with Crippen LogP contribution in [-0.4, -0.2) is 193 Å². The van der Waals surface area contributed by atoms with E-state index < -0.39 is 114 Å². The minimum Gasteiger partial charge on any atom is -0.479 e. The third-order valence-corrected chi connectivity index (χ3v) is 23.1. The lowest BCUT2D eigenvalue weighted by atomic mass is 9.78. The number of esters is 1. The lowest BCUT2D eigenvalue weighted by Crippen LogP contribution is -2.61. The average Bonchev–Trinajstić information content (AvgIpc) is 1.52. The largest absolute Gasteiger partial charge is 0.479 e. The van der Waals surface area contributed by atoms with Crippen molar-refractivity contribution in [3.05, 3.63) is 144 Å². The van der Waals surface area contributed by atoms with Crippen molar-refractivity contribution in [2.45, 2.75) is 179 Å². The van der Waals surface area contributed by atoms with E-state index in [1.807, 2.05) is 19.1 Å². The standard InChI is InChI=1S/C84H97ClF2N14O19/c1-6-84(115)55-33-62-68-53(37-101(62)78(109)54(55)39-117-81(84)112)65-44(10-13-51-42(5)56(87)34-61(95-68)66(51)65)35-94-83(114)118-38-43-9-15-58(63(30-43)119-80-72(106)70(104)71(105)73(120-80)79(110)111)98-77(108)59(8-7-21-92-82(89)113)99-76(107)50(40(2)3)14-12-49(102)19-26-116-27-20-64(103)90-22-23-91-74-67(75-96-57-16-11-46(85)32-60(57)97-75)69(100-24-17-48(88)18-25-100)52(36-93-74)45-28-41(4)29-47(86)31-45/h9,11,15-16,28-34,36,40,44,48,50,59,70-73,80,104-106,115H,6-8,10,12-14,17-27,35,37-39,88H2,1-5H3,(H,90,103)(H,91,93)(H,94,114)(H,96,97)(H,98,108)(H,99,107)(H,110,111)(H3,89,92,113)/t44?,50-,59-,70-,71-,72+,73-,80+,84-/m0/s1. The number of benzene rings is 4. The number of aromatic amines is 1. The van der Waals surface area contributed by atoms with E-state index in [9.17, 15) is 68.7 Å². The number of nitrogens with one attached hydrogen (secondary N) is 7. The number of aryl methyl sites for hydroxylation is 2. The molecule has 9 atom stereocenters. The van der Waals surface area contributed by atoms with Crippen molar-refractivity contribution in [1.29, 1.82) is 0 Å². The van der Waals surface area contributed by atoms with Crippen molar-refractivity contribution in [2.24, 2.45) is 23.3 Å². The van der Waals surface area contributed by atoms with E-state index in [0.29, 0.717) is 115 Å². The quantitative estimate of drug-likeness (QED) is 0.0147. The Kier molecular flexibility index (Phi) is 26.8. The second-order valence-electron chi connectivity index (χ2n) is 31.3. The van der Waals surface area contributed by atoms with Crippen molar-refractivity contribution in [1.82, 2.24) is 45.8 Å². The van der Waals surface area contributed by atoms with Gasteiger partial charge >= 0.3 is 24.1 Å². The van der Waals surface area contributed by atoms with E-state index in [1.165, 1.54) is 41.0 Å². The number of anilines is 3. The summed E-state index contributed by atoms with van der Waals surface area (Å²) in [6.45, 7) is 9.33. The molecule has 0 saturated carbocycles. The lowest BCUT2D eigenvalue weighted by Gasteiger charge is -2.38. The highest BCUT2D eigenvalue weighted by Crippen LogP contribution is 2.48. The normalized spacial score (nSPS) is 19.8. The van der Waals surface area contributed by atoms with Gasteiger partial charge in [-0.2, -0.15) is 0 Å². The number of carboxylic acid groups (broad SMARTS) is 1. The molecule has 2 fully saturated rings. The van der Waals surface area contributed by atoms with Crippen molar-refractivity contribution >= 4 is 98.3 Å². The number of hydrogen-bond donors (Lipinski definition) is 14. The maximum absolute atomic E-state index is 15.7. The van der Waals surface area contributed by atoms with E-state index in [1.54, 1.807) is 52.1 Å². The molecule has 638 valence electrons. The number of halogens is 3. The van der Waals surface area contributed by atoms with Gasteiger partial charge in [-0.25, -0.2) is 42.9 Å². The smallest absolute Gasteiger partial charge is 0.407 e. The Morgan fingerprint density at radius 3 is 2.36 bits per heavy atom. The molecule has 1 aliphatic carbocycles. The topological polar surface area (TPSA) is 488 Å². The van der Waals surface area contributed by atoms with Crippen LogP contribution in [0.3, 0.4) is 0 Å². The van der Waals surface area contributed by atoms with Crippen LogP contribution in [0, 0.1) is 37.3 Å². The highest BCUT2D eigenvalue weighted by atomic mass is 35.5. The highest BCUT2D eigenvalue weighted by molar-refractivity contribution is 6.31. The fourth-order valence-electron chi connectivity index (χ4n) is 16.3. The number of Topliss-reactive ketones (excluding diaryl/α,β-unsaturated/α-hetero) is 1. The van der Waals surface area contributed by atoms with E-state index in [-0.39, 0.29) is 149 Å². The summed E-state index contributed by atoms with van der Waals surface area (Å²) < 4.78 is 60.4. The predicted octanol–water partition coefficient (Wildman–Crippen LogP) is 6.91. The van der Waals surface area contributed by atoms with Crippen LogP contribution in [0.1, 0.15) is 135 Å². The molecule has 5 aliphatic rings. The molecule has 33 nitrogen and oxygen atoms in total. The summed E-state index contributed by atoms with van der Waals surface area (Å²) in [4.78, 5) is 141.